The summed E-state index contributed by atoms with van der Waals surface area (Å²) in [6.07, 6.45) is 2.27. The summed E-state index contributed by atoms with van der Waals surface area (Å²) in [6, 6.07) is 5.23. The molecule has 2 rings (SSSR count). The van der Waals surface area contributed by atoms with Crippen LogP contribution in [-0.4, -0.2) is 30.0 Å². The molecule has 1 fully saturated rings. The van der Waals surface area contributed by atoms with Crippen LogP contribution in [0, 0.1) is 0 Å². The summed E-state index contributed by atoms with van der Waals surface area (Å²) in [7, 11) is 0. The molecule has 3 nitrogen and oxygen atoms in total. The summed E-state index contributed by atoms with van der Waals surface area (Å²) in [5, 5.41) is 8.10. The second kappa shape index (κ2) is 8.28. The molecule has 0 aliphatic carbocycles. The minimum Gasteiger partial charge on any atom is -0.349 e. The molecule has 0 aromatic heterocycles. The minimum absolute atomic E-state index is 0.0528. The van der Waals surface area contributed by atoms with Crippen molar-refractivity contribution in [3.63, 3.8) is 0 Å². The van der Waals surface area contributed by atoms with Crippen LogP contribution in [0.25, 0.3) is 0 Å². The van der Waals surface area contributed by atoms with E-state index in [2.05, 4.69) is 10.6 Å². The predicted molar refractivity (Wildman–Crippen MR) is 91.4 cm³/mol. The molecule has 1 heterocycles. The fourth-order valence-corrected chi connectivity index (χ4v) is 3.98. The molecular formula is C15H20Cl2N2OS. The number of hydrogen-bond donors (Lipinski definition) is 2. The fraction of sp³-hybridized carbons (Fsp3) is 0.533. The maximum Gasteiger partial charge on any atom is 0.230 e. The fourth-order valence-electron chi connectivity index (χ4n) is 2.37. The summed E-state index contributed by atoms with van der Waals surface area (Å²) in [4.78, 5) is 12.0. The molecule has 2 N–H and O–H groups in total. The molecule has 1 aromatic rings. The number of rotatable bonds is 5. The molecule has 1 aromatic carbocycles. The van der Waals surface area contributed by atoms with E-state index in [-0.39, 0.29) is 11.9 Å². The molecule has 0 saturated carbocycles. The molecule has 1 aliphatic heterocycles. The Bertz CT molecular complexity index is 493. The summed E-state index contributed by atoms with van der Waals surface area (Å²) in [5.41, 5.74) is 0.890. The van der Waals surface area contributed by atoms with Gasteiger partial charge in [-0.25, -0.2) is 0 Å². The number of piperidine rings is 1. The lowest BCUT2D eigenvalue weighted by Crippen LogP contribution is -2.32. The topological polar surface area (TPSA) is 41.1 Å². The molecule has 0 spiro atoms. The SMILES string of the molecule is CC(NC(=O)CSC1CCNCC1)c1ccc(Cl)cc1Cl. The highest BCUT2D eigenvalue weighted by molar-refractivity contribution is 8.00. The number of hydrogen-bond acceptors (Lipinski definition) is 3. The maximum absolute atomic E-state index is 12.0. The Morgan fingerprint density at radius 2 is 2.14 bits per heavy atom. The van der Waals surface area contributed by atoms with E-state index < -0.39 is 0 Å². The number of carbonyl (C=O) groups excluding carboxylic acids is 1. The Morgan fingerprint density at radius 3 is 2.81 bits per heavy atom. The van der Waals surface area contributed by atoms with Crippen molar-refractivity contribution in [3.05, 3.63) is 33.8 Å². The van der Waals surface area contributed by atoms with Crippen LogP contribution in [-0.2, 0) is 4.79 Å². The Morgan fingerprint density at radius 1 is 1.43 bits per heavy atom. The van der Waals surface area contributed by atoms with Crippen LogP contribution in [0.15, 0.2) is 18.2 Å². The maximum atomic E-state index is 12.0. The van der Waals surface area contributed by atoms with E-state index in [1.54, 1.807) is 23.9 Å². The van der Waals surface area contributed by atoms with Crippen molar-refractivity contribution < 1.29 is 4.79 Å². The van der Waals surface area contributed by atoms with Crippen molar-refractivity contribution in [1.29, 1.82) is 0 Å². The van der Waals surface area contributed by atoms with Crippen LogP contribution >= 0.6 is 35.0 Å². The van der Waals surface area contributed by atoms with Gasteiger partial charge in [0.25, 0.3) is 0 Å². The number of carbonyl (C=O) groups is 1. The second-order valence-corrected chi connectivity index (χ2v) is 7.35. The molecule has 0 radical (unpaired) electrons. The van der Waals surface area contributed by atoms with Gasteiger partial charge in [0, 0.05) is 15.3 Å². The smallest absolute Gasteiger partial charge is 0.230 e. The van der Waals surface area contributed by atoms with Crippen molar-refractivity contribution in [2.24, 2.45) is 0 Å². The average Bonchev–Trinajstić information content (AvgIpc) is 2.46. The van der Waals surface area contributed by atoms with Crippen molar-refractivity contribution in [2.45, 2.75) is 31.1 Å². The summed E-state index contributed by atoms with van der Waals surface area (Å²) < 4.78 is 0. The van der Waals surface area contributed by atoms with Crippen molar-refractivity contribution in [3.8, 4) is 0 Å². The molecule has 6 heteroatoms. The first-order chi connectivity index (χ1) is 10.1. The third-order valence-corrected chi connectivity index (χ3v) is 5.48. The summed E-state index contributed by atoms with van der Waals surface area (Å²) >= 11 is 13.8. The predicted octanol–water partition coefficient (Wildman–Crippen LogP) is 3.66. The van der Waals surface area contributed by atoms with Crippen molar-refractivity contribution >= 4 is 40.9 Å². The average molecular weight is 347 g/mol. The zero-order valence-corrected chi connectivity index (χ0v) is 14.3. The van der Waals surface area contributed by atoms with Crippen LogP contribution < -0.4 is 10.6 Å². The lowest BCUT2D eigenvalue weighted by atomic mass is 10.1. The highest BCUT2D eigenvalue weighted by Crippen LogP contribution is 2.26. The van der Waals surface area contributed by atoms with E-state index in [1.165, 1.54) is 0 Å². The van der Waals surface area contributed by atoms with Gasteiger partial charge in [0.15, 0.2) is 0 Å². The Kier molecular flexibility index (Phi) is 6.68. The van der Waals surface area contributed by atoms with E-state index >= 15 is 0 Å². The number of benzene rings is 1. The molecule has 116 valence electrons. The monoisotopic (exact) mass is 346 g/mol. The van der Waals surface area contributed by atoms with Gasteiger partial charge in [0.2, 0.25) is 5.91 Å². The first-order valence-corrected chi connectivity index (χ1v) is 8.93. The van der Waals surface area contributed by atoms with Crippen LogP contribution in [0.2, 0.25) is 10.0 Å². The summed E-state index contributed by atoms with van der Waals surface area (Å²) in [5.74, 6) is 0.553. The first kappa shape index (κ1) is 16.9. The lowest BCUT2D eigenvalue weighted by molar-refractivity contribution is -0.119. The highest BCUT2D eigenvalue weighted by atomic mass is 35.5. The minimum atomic E-state index is -0.115. The van der Waals surface area contributed by atoms with Gasteiger partial charge in [-0.05, 0) is 50.6 Å². The molecule has 1 atom stereocenters. The van der Waals surface area contributed by atoms with Crippen molar-refractivity contribution in [2.75, 3.05) is 18.8 Å². The van der Waals surface area contributed by atoms with Gasteiger partial charge in [-0.2, -0.15) is 0 Å². The van der Waals surface area contributed by atoms with Crippen LogP contribution in [0.1, 0.15) is 31.4 Å². The van der Waals surface area contributed by atoms with Gasteiger partial charge in [-0.3, -0.25) is 4.79 Å². The first-order valence-electron chi connectivity index (χ1n) is 7.13. The van der Waals surface area contributed by atoms with Crippen LogP contribution in [0.3, 0.4) is 0 Å². The van der Waals surface area contributed by atoms with E-state index in [4.69, 9.17) is 23.2 Å². The van der Waals surface area contributed by atoms with Crippen LogP contribution in [0.5, 0.6) is 0 Å². The molecule has 21 heavy (non-hydrogen) atoms. The summed E-state index contributed by atoms with van der Waals surface area (Å²) in [6.45, 7) is 4.04. The van der Waals surface area contributed by atoms with Crippen LogP contribution in [0.4, 0.5) is 0 Å². The molecule has 1 aliphatic rings. The van der Waals surface area contributed by atoms with E-state index in [1.807, 2.05) is 13.0 Å². The van der Waals surface area contributed by atoms with Gasteiger partial charge in [-0.15, -0.1) is 11.8 Å². The number of amides is 1. The standard InChI is InChI=1S/C15H20Cl2N2OS/c1-10(13-3-2-11(16)8-14(13)17)19-15(20)9-21-12-4-6-18-7-5-12/h2-3,8,10,12,18H,4-7,9H2,1H3,(H,19,20). The third kappa shape index (κ3) is 5.37. The zero-order chi connectivity index (χ0) is 15.2. The molecule has 0 bridgehead atoms. The lowest BCUT2D eigenvalue weighted by Gasteiger charge is -2.22. The third-order valence-electron chi connectivity index (χ3n) is 3.54. The number of halogens is 2. The number of thioether (sulfide) groups is 1. The van der Waals surface area contributed by atoms with E-state index in [0.29, 0.717) is 21.0 Å². The second-order valence-electron chi connectivity index (χ2n) is 5.22. The number of nitrogens with one attached hydrogen (secondary N) is 2. The molecule has 1 amide bonds. The zero-order valence-electron chi connectivity index (χ0n) is 12.0. The van der Waals surface area contributed by atoms with Gasteiger partial charge in [-0.1, -0.05) is 29.3 Å². The van der Waals surface area contributed by atoms with Gasteiger partial charge in [0.1, 0.15) is 0 Å². The Balaban J connectivity index is 1.81. The normalized spacial score (nSPS) is 17.5. The largest absolute Gasteiger partial charge is 0.349 e. The van der Waals surface area contributed by atoms with Gasteiger partial charge >= 0.3 is 0 Å². The highest BCUT2D eigenvalue weighted by Gasteiger charge is 2.17. The van der Waals surface area contributed by atoms with Gasteiger partial charge in [0.05, 0.1) is 11.8 Å². The van der Waals surface area contributed by atoms with Crippen molar-refractivity contribution in [1.82, 2.24) is 10.6 Å². The molecule has 1 unspecified atom stereocenters. The molecule has 1 saturated heterocycles. The van der Waals surface area contributed by atoms with E-state index in [9.17, 15) is 4.79 Å². The Labute approximate surface area is 140 Å². The Hall–Kier alpha value is -0.420. The quantitative estimate of drug-likeness (QED) is 0.854. The van der Waals surface area contributed by atoms with E-state index in [0.717, 1.165) is 31.5 Å². The molecular weight excluding hydrogens is 327 g/mol. The van der Waals surface area contributed by atoms with Gasteiger partial charge < -0.3 is 10.6 Å².